The molecule has 0 aromatic heterocycles. The van der Waals surface area contributed by atoms with Crippen molar-refractivity contribution >= 4 is 23.4 Å². The van der Waals surface area contributed by atoms with Gasteiger partial charge in [0.25, 0.3) is 0 Å². The molecule has 64 valence electrons. The maximum atomic E-state index is 13.1. The molecule has 0 heterocycles. The summed E-state index contributed by atoms with van der Waals surface area (Å²) < 4.78 is 13.1. The van der Waals surface area contributed by atoms with Crippen molar-refractivity contribution < 1.29 is 9.18 Å². The van der Waals surface area contributed by atoms with Crippen LogP contribution < -0.4 is 0 Å². The zero-order chi connectivity index (χ0) is 9.84. The lowest BCUT2D eigenvalue weighted by molar-refractivity contribution is 0.564. The Labute approximate surface area is 78.1 Å². The van der Waals surface area contributed by atoms with E-state index in [0.29, 0.717) is 0 Å². The van der Waals surface area contributed by atoms with Crippen molar-refractivity contribution in [1.29, 1.82) is 5.26 Å². The maximum Gasteiger partial charge on any atom is 0.240 e. The predicted octanol–water partition coefficient (Wildman–Crippen LogP) is 2.32. The maximum absolute atomic E-state index is 13.1. The Bertz CT molecular complexity index is 433. The molecular weight excluding hydrogens is 195 g/mol. The Morgan fingerprint density at radius 1 is 1.54 bits per heavy atom. The Balaban J connectivity index is 3.41. The molecule has 0 radical (unpaired) electrons. The van der Waals surface area contributed by atoms with E-state index >= 15 is 0 Å². The van der Waals surface area contributed by atoms with E-state index in [9.17, 15) is 9.18 Å². The quantitative estimate of drug-likeness (QED) is 0.511. The first-order chi connectivity index (χ1) is 6.20. The minimum absolute atomic E-state index is 0.00372. The molecule has 0 aliphatic heterocycles. The molecule has 0 bridgehead atoms. The normalized spacial score (nSPS) is 8.69. The van der Waals surface area contributed by atoms with Crippen molar-refractivity contribution in [2.75, 3.05) is 0 Å². The first kappa shape index (κ1) is 9.40. The molecule has 0 fully saturated rings. The van der Waals surface area contributed by atoms with E-state index in [1.165, 1.54) is 18.2 Å². The van der Waals surface area contributed by atoms with Crippen LogP contribution in [0, 0.1) is 17.1 Å². The summed E-state index contributed by atoms with van der Waals surface area (Å²) in [7, 11) is 0. The van der Waals surface area contributed by atoms with Crippen molar-refractivity contribution in [3.63, 3.8) is 0 Å². The van der Waals surface area contributed by atoms with Crippen LogP contribution in [0.3, 0.4) is 0 Å². The smallest absolute Gasteiger partial charge is 0.211 e. The van der Waals surface area contributed by atoms with Crippen molar-refractivity contribution in [1.82, 2.24) is 0 Å². The molecule has 0 saturated carbocycles. The van der Waals surface area contributed by atoms with E-state index in [-0.39, 0.29) is 16.3 Å². The average molecular weight is 197 g/mol. The van der Waals surface area contributed by atoms with Gasteiger partial charge in [0.2, 0.25) is 6.08 Å². The van der Waals surface area contributed by atoms with Crippen LogP contribution >= 0.6 is 11.6 Å². The van der Waals surface area contributed by atoms with Gasteiger partial charge in [0.15, 0.2) is 5.82 Å². The first-order valence-corrected chi connectivity index (χ1v) is 3.54. The minimum atomic E-state index is -0.885. The van der Waals surface area contributed by atoms with E-state index in [0.717, 1.165) is 0 Å². The lowest BCUT2D eigenvalue weighted by atomic mass is 10.2. The van der Waals surface area contributed by atoms with Crippen LogP contribution in [0.4, 0.5) is 10.1 Å². The van der Waals surface area contributed by atoms with Gasteiger partial charge in [-0.2, -0.15) is 10.3 Å². The van der Waals surface area contributed by atoms with Gasteiger partial charge in [0.1, 0.15) is 11.8 Å². The summed E-state index contributed by atoms with van der Waals surface area (Å²) in [5.41, 5.74) is -0.219. The highest BCUT2D eigenvalue weighted by molar-refractivity contribution is 6.32. The fourth-order valence-corrected chi connectivity index (χ4v) is 0.963. The highest BCUT2D eigenvalue weighted by Crippen LogP contribution is 2.27. The van der Waals surface area contributed by atoms with Crippen LogP contribution in [-0.4, -0.2) is 6.08 Å². The number of benzene rings is 1. The molecule has 3 nitrogen and oxygen atoms in total. The Morgan fingerprint density at radius 2 is 2.23 bits per heavy atom. The molecule has 0 amide bonds. The summed E-state index contributed by atoms with van der Waals surface area (Å²) in [6.07, 6.45) is 1.18. The molecule has 1 aromatic carbocycles. The number of hydrogen-bond acceptors (Lipinski definition) is 3. The number of carbonyl (C=O) groups excluding carboxylic acids is 1. The number of isocyanates is 1. The summed E-state index contributed by atoms with van der Waals surface area (Å²) in [4.78, 5) is 12.9. The van der Waals surface area contributed by atoms with Crippen LogP contribution in [0.25, 0.3) is 0 Å². The summed E-state index contributed by atoms with van der Waals surface area (Å²) in [5, 5.41) is 8.12. The number of hydrogen-bond donors (Lipinski definition) is 0. The van der Waals surface area contributed by atoms with Gasteiger partial charge in [-0.1, -0.05) is 11.6 Å². The zero-order valence-corrected chi connectivity index (χ0v) is 6.97. The fourth-order valence-electron chi connectivity index (χ4n) is 0.761. The third-order valence-electron chi connectivity index (χ3n) is 1.35. The molecule has 0 aliphatic rings. The SMILES string of the molecule is N#Cc1ccc(N=C=O)c(F)c1Cl. The Morgan fingerprint density at radius 3 is 2.77 bits per heavy atom. The molecule has 13 heavy (non-hydrogen) atoms. The molecule has 0 atom stereocenters. The van der Waals surface area contributed by atoms with Crippen molar-refractivity contribution in [2.24, 2.45) is 4.99 Å². The van der Waals surface area contributed by atoms with Crippen LogP contribution in [0.5, 0.6) is 0 Å². The summed E-state index contributed by atoms with van der Waals surface area (Å²) in [6, 6.07) is 4.16. The predicted molar refractivity (Wildman–Crippen MR) is 43.9 cm³/mol. The summed E-state index contributed by atoms with van der Waals surface area (Å²) >= 11 is 5.45. The van der Waals surface area contributed by atoms with Gasteiger partial charge in [0.05, 0.1) is 10.6 Å². The van der Waals surface area contributed by atoms with Crippen LogP contribution in [0.15, 0.2) is 17.1 Å². The van der Waals surface area contributed by atoms with Gasteiger partial charge in [-0.15, -0.1) is 0 Å². The number of nitriles is 1. The topological polar surface area (TPSA) is 53.2 Å². The van der Waals surface area contributed by atoms with Crippen molar-refractivity contribution in [2.45, 2.75) is 0 Å². The van der Waals surface area contributed by atoms with Gasteiger partial charge >= 0.3 is 0 Å². The largest absolute Gasteiger partial charge is 0.240 e. The highest BCUT2D eigenvalue weighted by atomic mass is 35.5. The molecule has 0 saturated heterocycles. The van der Waals surface area contributed by atoms with Gasteiger partial charge in [0, 0.05) is 0 Å². The monoisotopic (exact) mass is 196 g/mol. The third kappa shape index (κ3) is 1.73. The second-order valence-corrected chi connectivity index (χ2v) is 2.45. The number of halogens is 2. The lowest BCUT2D eigenvalue weighted by Gasteiger charge is -1.98. The molecule has 0 unspecified atom stereocenters. The van der Waals surface area contributed by atoms with Gasteiger partial charge < -0.3 is 0 Å². The molecular formula is C8H2ClFN2O. The van der Waals surface area contributed by atoms with Crippen LogP contribution in [0.2, 0.25) is 5.02 Å². The number of aliphatic imine (C=N–C) groups is 1. The van der Waals surface area contributed by atoms with Crippen LogP contribution in [0.1, 0.15) is 5.56 Å². The minimum Gasteiger partial charge on any atom is -0.211 e. The molecule has 0 aliphatic carbocycles. The fraction of sp³-hybridized carbons (Fsp3) is 0. The zero-order valence-electron chi connectivity index (χ0n) is 6.21. The second kappa shape index (κ2) is 3.81. The van der Waals surface area contributed by atoms with E-state index in [1.54, 1.807) is 6.07 Å². The van der Waals surface area contributed by atoms with Gasteiger partial charge in [-0.25, -0.2) is 9.18 Å². The number of rotatable bonds is 1. The van der Waals surface area contributed by atoms with E-state index in [1.807, 2.05) is 0 Å². The molecule has 0 N–H and O–H groups in total. The van der Waals surface area contributed by atoms with Gasteiger partial charge in [-0.3, -0.25) is 0 Å². The third-order valence-corrected chi connectivity index (χ3v) is 1.72. The summed E-state index contributed by atoms with van der Waals surface area (Å²) in [5.74, 6) is -0.885. The van der Waals surface area contributed by atoms with Gasteiger partial charge in [-0.05, 0) is 12.1 Å². The molecule has 1 rings (SSSR count). The molecule has 1 aromatic rings. The Hall–Kier alpha value is -1.69. The second-order valence-electron chi connectivity index (χ2n) is 2.08. The van der Waals surface area contributed by atoms with Crippen molar-refractivity contribution in [3.05, 3.63) is 28.5 Å². The summed E-state index contributed by atoms with van der Waals surface area (Å²) in [6.45, 7) is 0. The standard InChI is InChI=1S/C8H2ClFN2O/c9-7-5(3-11)1-2-6(8(7)10)12-4-13/h1-2H. The Kier molecular flexibility index (Phi) is 2.76. The van der Waals surface area contributed by atoms with E-state index < -0.39 is 5.82 Å². The van der Waals surface area contributed by atoms with Crippen LogP contribution in [-0.2, 0) is 4.79 Å². The van der Waals surface area contributed by atoms with E-state index in [2.05, 4.69) is 4.99 Å². The average Bonchev–Trinajstić information content (AvgIpc) is 2.14. The lowest BCUT2D eigenvalue weighted by Crippen LogP contribution is -1.83. The molecule has 0 spiro atoms. The highest BCUT2D eigenvalue weighted by Gasteiger charge is 2.10. The molecule has 5 heteroatoms. The van der Waals surface area contributed by atoms with Crippen molar-refractivity contribution in [3.8, 4) is 6.07 Å². The first-order valence-electron chi connectivity index (χ1n) is 3.16. The number of nitrogens with zero attached hydrogens (tertiary/aromatic N) is 2. The van der Waals surface area contributed by atoms with E-state index in [4.69, 9.17) is 16.9 Å².